The first-order chi connectivity index (χ1) is 8.63. The van der Waals surface area contributed by atoms with Crippen molar-refractivity contribution in [2.24, 2.45) is 5.92 Å². The van der Waals surface area contributed by atoms with E-state index in [9.17, 15) is 9.59 Å². The number of hydrogen-bond donors (Lipinski definition) is 3. The molecule has 102 valence electrons. The molecule has 18 heavy (non-hydrogen) atoms. The van der Waals surface area contributed by atoms with Gasteiger partial charge in [-0.3, -0.25) is 4.79 Å². The number of carbonyl (C=O) groups is 2. The average Bonchev–Trinajstić information content (AvgIpc) is 2.35. The van der Waals surface area contributed by atoms with Gasteiger partial charge in [-0.15, -0.1) is 0 Å². The molecule has 2 amide bonds. The Bertz CT molecular complexity index is 315. The van der Waals surface area contributed by atoms with Crippen LogP contribution in [0.3, 0.4) is 0 Å². The first-order valence-electron chi connectivity index (χ1n) is 6.51. The van der Waals surface area contributed by atoms with Gasteiger partial charge in [0.2, 0.25) is 0 Å². The van der Waals surface area contributed by atoms with Gasteiger partial charge in [0.25, 0.3) is 0 Å². The molecular weight excluding hydrogens is 232 g/mol. The van der Waals surface area contributed by atoms with Gasteiger partial charge >= 0.3 is 12.0 Å². The fraction of sp³-hybridized carbons (Fsp3) is 0.692. The number of carboxylic acid groups (broad SMARTS) is 1. The van der Waals surface area contributed by atoms with Gasteiger partial charge in [0.15, 0.2) is 0 Å². The van der Waals surface area contributed by atoms with Crippen molar-refractivity contribution in [2.45, 2.75) is 45.1 Å². The van der Waals surface area contributed by atoms with Gasteiger partial charge in [-0.05, 0) is 32.6 Å². The van der Waals surface area contributed by atoms with Crippen LogP contribution in [0.4, 0.5) is 4.79 Å². The maximum absolute atomic E-state index is 11.6. The van der Waals surface area contributed by atoms with Crippen molar-refractivity contribution in [3.63, 3.8) is 0 Å². The first kappa shape index (κ1) is 14.5. The van der Waals surface area contributed by atoms with Crippen molar-refractivity contribution in [1.29, 1.82) is 0 Å². The van der Waals surface area contributed by atoms with Gasteiger partial charge in [-0.25, -0.2) is 4.79 Å². The molecule has 0 saturated heterocycles. The Balaban J connectivity index is 2.24. The van der Waals surface area contributed by atoms with Gasteiger partial charge in [-0.1, -0.05) is 18.6 Å². The van der Waals surface area contributed by atoms with Gasteiger partial charge in [0.05, 0.1) is 5.92 Å². The molecule has 1 saturated carbocycles. The predicted octanol–water partition coefficient (Wildman–Crippen LogP) is 1.90. The van der Waals surface area contributed by atoms with E-state index in [1.807, 2.05) is 19.1 Å². The van der Waals surface area contributed by atoms with Crippen LogP contribution < -0.4 is 10.6 Å². The molecule has 0 aromatic rings. The summed E-state index contributed by atoms with van der Waals surface area (Å²) in [5, 5.41) is 14.6. The van der Waals surface area contributed by atoms with Gasteiger partial charge in [0, 0.05) is 12.6 Å². The van der Waals surface area contributed by atoms with Gasteiger partial charge in [0.1, 0.15) is 0 Å². The van der Waals surface area contributed by atoms with Gasteiger partial charge < -0.3 is 15.7 Å². The van der Waals surface area contributed by atoms with E-state index in [1.165, 1.54) is 0 Å². The number of aliphatic carboxylic acids is 1. The summed E-state index contributed by atoms with van der Waals surface area (Å²) in [6.45, 7) is 2.54. The van der Waals surface area contributed by atoms with Crippen LogP contribution >= 0.6 is 0 Å². The van der Waals surface area contributed by atoms with E-state index in [0.29, 0.717) is 13.0 Å². The molecule has 3 N–H and O–H groups in total. The largest absolute Gasteiger partial charge is 0.481 e. The topological polar surface area (TPSA) is 78.4 Å². The zero-order valence-electron chi connectivity index (χ0n) is 10.8. The van der Waals surface area contributed by atoms with Crippen LogP contribution in [0.1, 0.15) is 39.0 Å². The lowest BCUT2D eigenvalue weighted by molar-refractivity contribution is -0.143. The lowest BCUT2D eigenvalue weighted by Crippen LogP contribution is -2.45. The third-order valence-electron chi connectivity index (χ3n) is 3.19. The molecule has 1 aliphatic rings. The number of nitrogens with one attached hydrogen (secondary N) is 2. The lowest BCUT2D eigenvalue weighted by atomic mass is 9.86. The average molecular weight is 254 g/mol. The highest BCUT2D eigenvalue weighted by Crippen LogP contribution is 2.24. The highest BCUT2D eigenvalue weighted by Gasteiger charge is 2.27. The fourth-order valence-corrected chi connectivity index (χ4v) is 2.22. The molecule has 0 radical (unpaired) electrons. The maximum Gasteiger partial charge on any atom is 0.315 e. The van der Waals surface area contributed by atoms with Crippen LogP contribution in [-0.2, 0) is 4.79 Å². The molecule has 0 heterocycles. The summed E-state index contributed by atoms with van der Waals surface area (Å²) < 4.78 is 0. The van der Waals surface area contributed by atoms with Crippen molar-refractivity contribution in [1.82, 2.24) is 10.6 Å². The summed E-state index contributed by atoms with van der Waals surface area (Å²) in [5.41, 5.74) is 0. The van der Waals surface area contributed by atoms with Crippen LogP contribution in [-0.4, -0.2) is 29.7 Å². The van der Waals surface area contributed by atoms with E-state index in [2.05, 4.69) is 10.6 Å². The van der Waals surface area contributed by atoms with E-state index in [0.717, 1.165) is 25.7 Å². The van der Waals surface area contributed by atoms with E-state index < -0.39 is 5.97 Å². The standard InChI is InChI=1S/C13H22N2O3/c1-2-3-4-8-14-13(18)15-11-7-5-6-10(9-11)12(16)17/h2-3,10-11H,4-9H2,1H3,(H,16,17)(H2,14,15,18)/b3-2+. The summed E-state index contributed by atoms with van der Waals surface area (Å²) in [7, 11) is 0. The molecule has 0 spiro atoms. The van der Waals surface area contributed by atoms with Crippen LogP contribution in [0.15, 0.2) is 12.2 Å². The minimum Gasteiger partial charge on any atom is -0.481 e. The second-order valence-corrected chi connectivity index (χ2v) is 4.66. The van der Waals surface area contributed by atoms with Crippen LogP contribution in [0.2, 0.25) is 0 Å². The summed E-state index contributed by atoms with van der Waals surface area (Å²) in [5.74, 6) is -1.07. The van der Waals surface area contributed by atoms with Crippen molar-refractivity contribution < 1.29 is 14.7 Å². The van der Waals surface area contributed by atoms with Crippen LogP contribution in [0.25, 0.3) is 0 Å². The molecule has 5 heteroatoms. The minimum absolute atomic E-state index is 0.0124. The number of carbonyl (C=O) groups excluding carboxylic acids is 1. The summed E-state index contributed by atoms with van der Waals surface area (Å²) in [6.07, 6.45) is 7.73. The van der Waals surface area contributed by atoms with Crippen LogP contribution in [0.5, 0.6) is 0 Å². The highest BCUT2D eigenvalue weighted by atomic mass is 16.4. The summed E-state index contributed by atoms with van der Waals surface area (Å²) >= 11 is 0. The molecular formula is C13H22N2O3. The molecule has 0 aliphatic heterocycles. The second kappa shape index (κ2) is 7.74. The minimum atomic E-state index is -0.755. The molecule has 1 fully saturated rings. The Labute approximate surface area is 108 Å². The molecule has 2 unspecified atom stereocenters. The normalized spacial score (nSPS) is 23.8. The monoisotopic (exact) mass is 254 g/mol. The van der Waals surface area contributed by atoms with Gasteiger partial charge in [-0.2, -0.15) is 0 Å². The quantitative estimate of drug-likeness (QED) is 0.518. The number of urea groups is 1. The lowest BCUT2D eigenvalue weighted by Gasteiger charge is -2.27. The Morgan fingerprint density at radius 2 is 2.17 bits per heavy atom. The van der Waals surface area contributed by atoms with E-state index in [1.54, 1.807) is 0 Å². The predicted molar refractivity (Wildman–Crippen MR) is 69.3 cm³/mol. The van der Waals surface area contributed by atoms with E-state index in [4.69, 9.17) is 5.11 Å². The fourth-order valence-electron chi connectivity index (χ4n) is 2.22. The van der Waals surface area contributed by atoms with E-state index in [-0.39, 0.29) is 18.0 Å². The molecule has 0 aromatic heterocycles. The third-order valence-corrected chi connectivity index (χ3v) is 3.19. The van der Waals surface area contributed by atoms with Crippen LogP contribution in [0, 0.1) is 5.92 Å². The smallest absolute Gasteiger partial charge is 0.315 e. The number of allylic oxidation sites excluding steroid dienone is 1. The number of hydrogen-bond acceptors (Lipinski definition) is 2. The Kier molecular flexibility index (Phi) is 6.25. The van der Waals surface area contributed by atoms with Crippen molar-refractivity contribution in [3.05, 3.63) is 12.2 Å². The van der Waals surface area contributed by atoms with Crippen molar-refractivity contribution >= 4 is 12.0 Å². The SMILES string of the molecule is C/C=C/CCNC(=O)NC1CCCC(C(=O)O)C1. The molecule has 1 aliphatic carbocycles. The zero-order valence-corrected chi connectivity index (χ0v) is 10.8. The zero-order chi connectivity index (χ0) is 13.4. The molecule has 2 atom stereocenters. The second-order valence-electron chi connectivity index (χ2n) is 4.66. The summed E-state index contributed by atoms with van der Waals surface area (Å²) in [6, 6.07) is -0.211. The Hall–Kier alpha value is -1.52. The highest BCUT2D eigenvalue weighted by molar-refractivity contribution is 5.74. The van der Waals surface area contributed by atoms with Crippen molar-refractivity contribution in [3.8, 4) is 0 Å². The maximum atomic E-state index is 11.6. The number of amides is 2. The third kappa shape index (κ3) is 5.21. The molecule has 5 nitrogen and oxygen atoms in total. The summed E-state index contributed by atoms with van der Waals surface area (Å²) in [4.78, 5) is 22.5. The Morgan fingerprint density at radius 1 is 1.39 bits per heavy atom. The number of rotatable bonds is 5. The van der Waals surface area contributed by atoms with E-state index >= 15 is 0 Å². The molecule has 1 rings (SSSR count). The van der Waals surface area contributed by atoms with Crippen molar-refractivity contribution in [2.75, 3.05) is 6.54 Å². The number of carboxylic acids is 1. The Morgan fingerprint density at radius 3 is 2.83 bits per heavy atom. The molecule has 0 bridgehead atoms. The first-order valence-corrected chi connectivity index (χ1v) is 6.51. The molecule has 0 aromatic carbocycles.